The fraction of sp³-hybridized carbons (Fsp3) is 0.250. The van der Waals surface area contributed by atoms with Gasteiger partial charge in [-0.1, -0.05) is 15.9 Å². The van der Waals surface area contributed by atoms with Crippen LogP contribution in [0.5, 0.6) is 5.75 Å². The highest BCUT2D eigenvalue weighted by Gasteiger charge is 2.21. The van der Waals surface area contributed by atoms with E-state index in [-0.39, 0.29) is 5.56 Å². The summed E-state index contributed by atoms with van der Waals surface area (Å²) in [5.74, 6) is -0.689. The van der Waals surface area contributed by atoms with Crippen molar-refractivity contribution in [3.05, 3.63) is 62.6 Å². The van der Waals surface area contributed by atoms with Crippen LogP contribution in [0.1, 0.15) is 27.6 Å². The average molecular weight is 376 g/mol. The number of rotatable bonds is 3. The molecule has 0 bridgehead atoms. The minimum absolute atomic E-state index is 0.226. The molecule has 1 nitrogen and oxygen atoms in total. The predicted molar refractivity (Wildman–Crippen MR) is 84.2 cm³/mol. The van der Waals surface area contributed by atoms with Gasteiger partial charge in [0.15, 0.2) is 0 Å². The summed E-state index contributed by atoms with van der Waals surface area (Å²) >= 11 is 9.83. The lowest BCUT2D eigenvalue weighted by atomic mass is 10.00. The second-order valence-corrected chi connectivity index (χ2v) is 6.12. The van der Waals surface area contributed by atoms with Gasteiger partial charge in [0.2, 0.25) is 0 Å². The van der Waals surface area contributed by atoms with Gasteiger partial charge in [0.25, 0.3) is 0 Å². The first-order valence-electron chi connectivity index (χ1n) is 6.28. The first-order valence-corrected chi connectivity index (χ1v) is 7.51. The molecule has 1 unspecified atom stereocenters. The van der Waals surface area contributed by atoms with Gasteiger partial charge in [-0.2, -0.15) is 0 Å². The summed E-state index contributed by atoms with van der Waals surface area (Å²) in [7, 11) is 1.53. The zero-order valence-corrected chi connectivity index (χ0v) is 14.1. The third-order valence-electron chi connectivity index (χ3n) is 3.34. The molecule has 2 aromatic carbocycles. The van der Waals surface area contributed by atoms with Crippen LogP contribution in [0.3, 0.4) is 0 Å². The first kappa shape index (κ1) is 16.2. The minimum atomic E-state index is -0.767. The third kappa shape index (κ3) is 3.22. The van der Waals surface area contributed by atoms with E-state index in [0.717, 1.165) is 16.1 Å². The Kier molecular flexibility index (Phi) is 4.89. The Balaban J connectivity index is 2.57. The van der Waals surface area contributed by atoms with Crippen LogP contribution in [0.25, 0.3) is 0 Å². The Morgan fingerprint density at radius 1 is 1.00 bits per heavy atom. The fourth-order valence-electron chi connectivity index (χ4n) is 2.09. The number of halogens is 4. The molecule has 0 N–H and O–H groups in total. The van der Waals surface area contributed by atoms with E-state index in [1.807, 2.05) is 13.0 Å². The van der Waals surface area contributed by atoms with Gasteiger partial charge in [0, 0.05) is 21.7 Å². The SMILES string of the molecule is COc1cc(C)c(Br)cc1C(Cl)c1cc(C)c(F)cc1F. The highest BCUT2D eigenvalue weighted by atomic mass is 79.9. The second kappa shape index (κ2) is 6.32. The number of aryl methyl sites for hydroxylation is 2. The van der Waals surface area contributed by atoms with Crippen molar-refractivity contribution in [2.24, 2.45) is 0 Å². The van der Waals surface area contributed by atoms with Gasteiger partial charge < -0.3 is 4.74 Å². The second-order valence-electron chi connectivity index (χ2n) is 4.83. The molecular formula is C16H14BrClF2O. The van der Waals surface area contributed by atoms with Crippen molar-refractivity contribution in [3.63, 3.8) is 0 Å². The summed E-state index contributed by atoms with van der Waals surface area (Å²) in [5, 5.41) is -0.767. The number of benzene rings is 2. The Morgan fingerprint density at radius 2 is 1.67 bits per heavy atom. The first-order chi connectivity index (χ1) is 9.85. The molecule has 0 spiro atoms. The summed E-state index contributed by atoms with van der Waals surface area (Å²) in [4.78, 5) is 0. The molecule has 112 valence electrons. The Labute approximate surface area is 136 Å². The van der Waals surface area contributed by atoms with E-state index in [9.17, 15) is 8.78 Å². The topological polar surface area (TPSA) is 9.23 Å². The Morgan fingerprint density at radius 3 is 2.29 bits per heavy atom. The Hall–Kier alpha value is -1.13. The number of hydrogen-bond donors (Lipinski definition) is 0. The molecule has 0 radical (unpaired) electrons. The number of alkyl halides is 1. The molecule has 0 amide bonds. The molecule has 0 aliphatic heterocycles. The molecule has 0 fully saturated rings. The standard InChI is InChI=1S/C16H14BrClF2O/c1-8-5-15(21-3)11(6-12(8)17)16(18)10-4-9(2)13(19)7-14(10)20/h4-7,16H,1-3H3. The molecule has 0 heterocycles. The molecule has 2 rings (SSSR count). The van der Waals surface area contributed by atoms with E-state index in [0.29, 0.717) is 16.9 Å². The molecule has 21 heavy (non-hydrogen) atoms. The molecule has 1 atom stereocenters. The lowest BCUT2D eigenvalue weighted by molar-refractivity contribution is 0.409. The van der Waals surface area contributed by atoms with E-state index < -0.39 is 17.0 Å². The summed E-state index contributed by atoms with van der Waals surface area (Å²) in [6.45, 7) is 3.49. The van der Waals surface area contributed by atoms with Crippen LogP contribution in [0, 0.1) is 25.5 Å². The highest BCUT2D eigenvalue weighted by Crippen LogP contribution is 2.39. The molecule has 0 saturated carbocycles. The number of hydrogen-bond acceptors (Lipinski definition) is 1. The van der Waals surface area contributed by atoms with Crippen molar-refractivity contribution in [2.45, 2.75) is 19.2 Å². The minimum Gasteiger partial charge on any atom is -0.496 e. The van der Waals surface area contributed by atoms with Crippen LogP contribution in [0.15, 0.2) is 28.7 Å². The van der Waals surface area contributed by atoms with Crippen LogP contribution >= 0.6 is 27.5 Å². The molecule has 0 saturated heterocycles. The maximum absolute atomic E-state index is 14.0. The van der Waals surface area contributed by atoms with E-state index >= 15 is 0 Å². The van der Waals surface area contributed by atoms with Crippen molar-refractivity contribution in [2.75, 3.05) is 7.11 Å². The zero-order valence-electron chi connectivity index (χ0n) is 11.8. The normalized spacial score (nSPS) is 12.3. The van der Waals surface area contributed by atoms with Gasteiger partial charge in [-0.05, 0) is 43.2 Å². The lowest BCUT2D eigenvalue weighted by Crippen LogP contribution is -2.02. The largest absolute Gasteiger partial charge is 0.496 e. The van der Waals surface area contributed by atoms with E-state index in [1.165, 1.54) is 13.2 Å². The summed E-state index contributed by atoms with van der Waals surface area (Å²) in [5.41, 5.74) is 2.18. The number of methoxy groups -OCH3 is 1. The molecule has 0 aromatic heterocycles. The maximum atomic E-state index is 14.0. The average Bonchev–Trinajstić information content (AvgIpc) is 2.44. The van der Waals surface area contributed by atoms with Gasteiger partial charge in [-0.3, -0.25) is 0 Å². The highest BCUT2D eigenvalue weighted by molar-refractivity contribution is 9.10. The summed E-state index contributed by atoms with van der Waals surface area (Å²) in [6, 6.07) is 5.90. The van der Waals surface area contributed by atoms with Crippen LogP contribution in [0.4, 0.5) is 8.78 Å². The van der Waals surface area contributed by atoms with Crippen LogP contribution < -0.4 is 4.74 Å². The van der Waals surface area contributed by atoms with Gasteiger partial charge in [-0.25, -0.2) is 8.78 Å². The quantitative estimate of drug-likeness (QED) is 0.627. The van der Waals surface area contributed by atoms with Crippen molar-refractivity contribution >= 4 is 27.5 Å². The van der Waals surface area contributed by atoms with Gasteiger partial charge in [0.05, 0.1) is 12.5 Å². The Bertz CT molecular complexity index is 688. The fourth-order valence-corrected chi connectivity index (χ4v) is 2.79. The van der Waals surface area contributed by atoms with Gasteiger partial charge in [-0.15, -0.1) is 11.6 Å². The smallest absolute Gasteiger partial charge is 0.131 e. The lowest BCUT2D eigenvalue weighted by Gasteiger charge is -2.17. The van der Waals surface area contributed by atoms with Gasteiger partial charge >= 0.3 is 0 Å². The van der Waals surface area contributed by atoms with Crippen LogP contribution in [-0.4, -0.2) is 7.11 Å². The van der Waals surface area contributed by atoms with Crippen molar-refractivity contribution in [1.29, 1.82) is 0 Å². The predicted octanol–water partition coefficient (Wildman–Crippen LogP) is 5.68. The number of ether oxygens (including phenoxy) is 1. The molecule has 0 aliphatic carbocycles. The van der Waals surface area contributed by atoms with E-state index in [1.54, 1.807) is 13.0 Å². The van der Waals surface area contributed by atoms with E-state index in [2.05, 4.69) is 15.9 Å². The molecule has 5 heteroatoms. The van der Waals surface area contributed by atoms with Gasteiger partial charge in [0.1, 0.15) is 17.4 Å². The molecule has 2 aromatic rings. The van der Waals surface area contributed by atoms with Crippen molar-refractivity contribution in [3.8, 4) is 5.75 Å². The summed E-state index contributed by atoms with van der Waals surface area (Å²) < 4.78 is 33.5. The monoisotopic (exact) mass is 374 g/mol. The van der Waals surface area contributed by atoms with Crippen molar-refractivity contribution in [1.82, 2.24) is 0 Å². The van der Waals surface area contributed by atoms with Crippen LogP contribution in [0.2, 0.25) is 0 Å². The van der Waals surface area contributed by atoms with Crippen LogP contribution in [-0.2, 0) is 0 Å². The molecule has 0 aliphatic rings. The summed E-state index contributed by atoms with van der Waals surface area (Å²) in [6.07, 6.45) is 0. The van der Waals surface area contributed by atoms with E-state index in [4.69, 9.17) is 16.3 Å². The van der Waals surface area contributed by atoms with Crippen molar-refractivity contribution < 1.29 is 13.5 Å². The maximum Gasteiger partial charge on any atom is 0.131 e. The zero-order chi connectivity index (χ0) is 15.7. The third-order valence-corrected chi connectivity index (χ3v) is 4.66. The molecular weight excluding hydrogens is 362 g/mol.